The summed E-state index contributed by atoms with van der Waals surface area (Å²) >= 11 is 0. The van der Waals surface area contributed by atoms with Crippen LogP contribution < -0.4 is 21.4 Å². The first-order valence-corrected chi connectivity index (χ1v) is 16.6. The number of hydrogen-bond acceptors (Lipinski definition) is 7. The van der Waals surface area contributed by atoms with Gasteiger partial charge in [0.2, 0.25) is 11.8 Å². The minimum Gasteiger partial charge on any atom is -0.506 e. The molecule has 7 N–H and O–H groups in total. The van der Waals surface area contributed by atoms with Crippen molar-refractivity contribution in [3.63, 3.8) is 0 Å². The second kappa shape index (κ2) is 15.3. The number of amides is 3. The third kappa shape index (κ3) is 7.48. The van der Waals surface area contributed by atoms with Gasteiger partial charge in [0.25, 0.3) is 5.91 Å². The molecule has 0 radical (unpaired) electrons. The predicted molar refractivity (Wildman–Crippen MR) is 196 cm³/mol. The Morgan fingerprint density at radius 2 is 1.27 bits per heavy atom. The van der Waals surface area contributed by atoms with E-state index < -0.39 is 41.2 Å². The van der Waals surface area contributed by atoms with Gasteiger partial charge in [-0.15, -0.1) is 0 Å². The Balaban J connectivity index is 1.32. The van der Waals surface area contributed by atoms with Gasteiger partial charge in [-0.1, -0.05) is 103 Å². The van der Waals surface area contributed by atoms with Crippen LogP contribution in [-0.4, -0.2) is 50.6 Å². The van der Waals surface area contributed by atoms with Crippen LogP contribution in [0.3, 0.4) is 0 Å². The van der Waals surface area contributed by atoms with Crippen molar-refractivity contribution in [2.24, 2.45) is 0 Å². The van der Waals surface area contributed by atoms with Crippen LogP contribution in [0.4, 0.5) is 0 Å². The fraction of sp³-hybridized carbons (Fsp3) is 0.122. The summed E-state index contributed by atoms with van der Waals surface area (Å²) < 4.78 is 0. The van der Waals surface area contributed by atoms with Crippen molar-refractivity contribution in [3.05, 3.63) is 172 Å². The maximum Gasteiger partial charge on any atom is 0.268 e. The molecule has 0 unspecified atom stereocenters. The average Bonchev–Trinajstić information content (AvgIpc) is 3.16. The summed E-state index contributed by atoms with van der Waals surface area (Å²) in [4.78, 5) is 57.3. The van der Waals surface area contributed by atoms with E-state index in [1.54, 1.807) is 6.07 Å². The van der Waals surface area contributed by atoms with E-state index >= 15 is 0 Å². The molecule has 3 amide bonds. The molecule has 0 aliphatic rings. The number of H-pyrrole nitrogens is 1. The SMILES string of the molecule is O=C(C[C@H](NC(=O)c1cc(=O)c2cccc(O)c2[nH]1)C(=O)NCCc1ccc(O)c(O)c1)NC(c1ccccc1)(c1ccccc1)c1ccccc1. The number of rotatable bonds is 12. The number of para-hydroxylation sites is 1. The molecule has 11 nitrogen and oxygen atoms in total. The van der Waals surface area contributed by atoms with Crippen molar-refractivity contribution < 1.29 is 29.7 Å². The number of phenols is 3. The van der Waals surface area contributed by atoms with E-state index in [2.05, 4.69) is 20.9 Å². The van der Waals surface area contributed by atoms with E-state index in [0.717, 1.165) is 22.8 Å². The summed E-state index contributed by atoms with van der Waals surface area (Å²) in [5, 5.41) is 38.6. The number of carbonyl (C=O) groups is 3. The molecule has 0 spiro atoms. The van der Waals surface area contributed by atoms with Gasteiger partial charge in [0, 0.05) is 18.0 Å². The summed E-state index contributed by atoms with van der Waals surface area (Å²) in [5.74, 6) is -2.91. The standard InChI is InChI=1S/C41H36N4O7/c46-33-20-19-26(23-36(33)49)21-22-42-39(51)32(44-40(52)31-24-35(48)30-17-10-18-34(47)38(30)43-31)25-37(50)45-41(27-11-4-1-5-12-27,28-13-6-2-7-14-28)29-15-8-3-9-16-29/h1-20,23-24,32,46-47,49H,21-22,25H2,(H,42,51)(H,43,48)(H,44,52)(H,45,50)/t32-/m0/s1. The van der Waals surface area contributed by atoms with Crippen LogP contribution in [0.25, 0.3) is 10.9 Å². The quantitative estimate of drug-likeness (QED) is 0.0721. The molecule has 0 aliphatic carbocycles. The Bertz CT molecular complexity index is 2180. The normalized spacial score (nSPS) is 11.8. The zero-order valence-corrected chi connectivity index (χ0v) is 27.9. The second-order valence-corrected chi connectivity index (χ2v) is 12.2. The van der Waals surface area contributed by atoms with E-state index in [4.69, 9.17) is 0 Å². The van der Waals surface area contributed by atoms with Gasteiger partial charge in [-0.25, -0.2) is 0 Å². The Morgan fingerprint density at radius 1 is 0.673 bits per heavy atom. The predicted octanol–water partition coefficient (Wildman–Crippen LogP) is 4.60. The van der Waals surface area contributed by atoms with Crippen LogP contribution in [0.2, 0.25) is 0 Å². The number of pyridine rings is 1. The highest BCUT2D eigenvalue weighted by molar-refractivity contribution is 5.99. The van der Waals surface area contributed by atoms with E-state index in [0.29, 0.717) is 5.56 Å². The molecule has 1 atom stereocenters. The van der Waals surface area contributed by atoms with Crippen LogP contribution >= 0.6 is 0 Å². The maximum atomic E-state index is 14.3. The molecule has 1 aromatic heterocycles. The number of aromatic nitrogens is 1. The van der Waals surface area contributed by atoms with E-state index in [-0.39, 0.29) is 46.8 Å². The minimum atomic E-state index is -1.41. The molecule has 0 bridgehead atoms. The average molecular weight is 697 g/mol. The van der Waals surface area contributed by atoms with Gasteiger partial charge in [0.1, 0.15) is 23.0 Å². The zero-order chi connectivity index (χ0) is 36.7. The summed E-state index contributed by atoms with van der Waals surface area (Å²) in [6.07, 6.45) is -0.224. The molecule has 0 saturated heterocycles. The van der Waals surface area contributed by atoms with Gasteiger partial charge >= 0.3 is 0 Å². The Morgan fingerprint density at radius 3 is 1.85 bits per heavy atom. The molecule has 1 heterocycles. The van der Waals surface area contributed by atoms with Crippen molar-refractivity contribution in [2.75, 3.05) is 6.54 Å². The Labute approximate surface area is 298 Å². The highest BCUT2D eigenvalue weighted by Crippen LogP contribution is 2.37. The molecule has 11 heteroatoms. The van der Waals surface area contributed by atoms with Crippen LogP contribution in [0, 0.1) is 0 Å². The highest BCUT2D eigenvalue weighted by atomic mass is 16.3. The van der Waals surface area contributed by atoms with Crippen molar-refractivity contribution in [1.29, 1.82) is 0 Å². The van der Waals surface area contributed by atoms with Gasteiger partial charge in [0.05, 0.1) is 11.9 Å². The van der Waals surface area contributed by atoms with Crippen LogP contribution in [0.1, 0.15) is 39.2 Å². The van der Waals surface area contributed by atoms with Crippen molar-refractivity contribution >= 4 is 28.6 Å². The van der Waals surface area contributed by atoms with Gasteiger partial charge < -0.3 is 36.3 Å². The van der Waals surface area contributed by atoms with Crippen molar-refractivity contribution in [2.45, 2.75) is 24.4 Å². The van der Waals surface area contributed by atoms with Crippen LogP contribution in [0.5, 0.6) is 17.2 Å². The highest BCUT2D eigenvalue weighted by Gasteiger charge is 2.39. The third-order valence-corrected chi connectivity index (χ3v) is 8.80. The molecule has 0 aliphatic heterocycles. The first-order valence-electron chi connectivity index (χ1n) is 16.6. The Hall–Kier alpha value is -6.88. The smallest absolute Gasteiger partial charge is 0.268 e. The molecule has 0 fully saturated rings. The number of fused-ring (bicyclic) bond motifs is 1. The fourth-order valence-electron chi connectivity index (χ4n) is 6.23. The first kappa shape index (κ1) is 35.0. The lowest BCUT2D eigenvalue weighted by atomic mass is 9.77. The van der Waals surface area contributed by atoms with Crippen molar-refractivity contribution in [3.8, 4) is 17.2 Å². The van der Waals surface area contributed by atoms with E-state index in [9.17, 15) is 34.5 Å². The topological polar surface area (TPSA) is 181 Å². The number of carbonyl (C=O) groups excluding carboxylic acids is 3. The summed E-state index contributed by atoms with van der Waals surface area (Å²) in [6.45, 7) is 0.0691. The number of nitrogens with one attached hydrogen (secondary N) is 4. The van der Waals surface area contributed by atoms with Crippen molar-refractivity contribution in [1.82, 2.24) is 20.9 Å². The van der Waals surface area contributed by atoms with E-state index in [1.807, 2.05) is 91.0 Å². The van der Waals surface area contributed by atoms with Gasteiger partial charge in [-0.05, 0) is 52.9 Å². The lowest BCUT2D eigenvalue weighted by Crippen LogP contribution is -2.53. The second-order valence-electron chi connectivity index (χ2n) is 12.2. The monoisotopic (exact) mass is 696 g/mol. The number of benzene rings is 5. The summed E-state index contributed by atoms with van der Waals surface area (Å²) in [6, 6.07) is 36.6. The Kier molecular flexibility index (Phi) is 10.3. The number of aromatic hydroxyl groups is 3. The molecule has 0 saturated carbocycles. The molecule has 52 heavy (non-hydrogen) atoms. The molecule has 5 aromatic carbocycles. The third-order valence-electron chi connectivity index (χ3n) is 8.80. The largest absolute Gasteiger partial charge is 0.506 e. The molecular formula is C41H36N4O7. The van der Waals surface area contributed by atoms with Crippen LogP contribution in [0.15, 0.2) is 138 Å². The zero-order valence-electron chi connectivity index (χ0n) is 27.9. The number of aromatic amines is 1. The van der Waals surface area contributed by atoms with E-state index in [1.165, 1.54) is 30.3 Å². The minimum absolute atomic E-state index is 0.0504. The summed E-state index contributed by atoms with van der Waals surface area (Å²) in [5.41, 5.74) is 1.03. The van der Waals surface area contributed by atoms with Crippen LogP contribution in [-0.2, 0) is 21.5 Å². The molecular weight excluding hydrogens is 660 g/mol. The number of hydrogen-bond donors (Lipinski definition) is 7. The lowest BCUT2D eigenvalue weighted by molar-refractivity contribution is -0.128. The molecule has 6 rings (SSSR count). The number of phenolic OH excluding ortho intramolecular Hbond substituents is 3. The van der Waals surface area contributed by atoms with Gasteiger partial charge in [-0.2, -0.15) is 0 Å². The fourth-order valence-corrected chi connectivity index (χ4v) is 6.23. The molecule has 6 aromatic rings. The maximum absolute atomic E-state index is 14.3. The summed E-state index contributed by atoms with van der Waals surface area (Å²) in [7, 11) is 0. The van der Waals surface area contributed by atoms with Gasteiger partial charge in [-0.3, -0.25) is 19.2 Å². The molecule has 262 valence electrons. The first-order chi connectivity index (χ1) is 25.2. The van der Waals surface area contributed by atoms with Gasteiger partial charge in [0.15, 0.2) is 16.9 Å². The lowest BCUT2D eigenvalue weighted by Gasteiger charge is -2.37.